The van der Waals surface area contributed by atoms with Gasteiger partial charge in [0.2, 0.25) is 0 Å². The van der Waals surface area contributed by atoms with Gasteiger partial charge in [-0.15, -0.1) is 11.3 Å². The summed E-state index contributed by atoms with van der Waals surface area (Å²) in [7, 11) is 3.53. The van der Waals surface area contributed by atoms with Crippen molar-refractivity contribution in [2.45, 2.75) is 13.0 Å². The van der Waals surface area contributed by atoms with Crippen molar-refractivity contribution >= 4 is 17.2 Å². The molecule has 0 aliphatic heterocycles. The van der Waals surface area contributed by atoms with Crippen LogP contribution in [0.1, 0.15) is 32.8 Å². The van der Waals surface area contributed by atoms with Gasteiger partial charge in [-0.3, -0.25) is 4.79 Å². The van der Waals surface area contributed by atoms with Gasteiger partial charge in [0.15, 0.2) is 0 Å². The lowest BCUT2D eigenvalue weighted by Crippen LogP contribution is -2.31. The van der Waals surface area contributed by atoms with Gasteiger partial charge in [0, 0.05) is 25.0 Å². The summed E-state index contributed by atoms with van der Waals surface area (Å²) in [5.74, 6) is 1.28. The molecule has 0 fully saturated rings. The Morgan fingerprint density at radius 2 is 1.97 bits per heavy atom. The molecule has 2 aromatic carbocycles. The van der Waals surface area contributed by atoms with Gasteiger partial charge >= 0.3 is 0 Å². The van der Waals surface area contributed by atoms with E-state index in [1.807, 2.05) is 79.3 Å². The Morgan fingerprint density at radius 1 is 1.17 bits per heavy atom. The minimum atomic E-state index is -0.422. The molecule has 1 unspecified atom stereocenters. The molecule has 6 nitrogen and oxygen atoms in total. The second-order valence-electron chi connectivity index (χ2n) is 6.88. The maximum atomic E-state index is 13.2. The maximum Gasteiger partial charge on any atom is 0.264 e. The van der Waals surface area contributed by atoms with Crippen molar-refractivity contribution < 1.29 is 9.53 Å². The molecule has 0 saturated heterocycles. The summed E-state index contributed by atoms with van der Waals surface area (Å²) < 4.78 is 7.27. The molecule has 1 amide bonds. The fourth-order valence-electron chi connectivity index (χ4n) is 3.28. The van der Waals surface area contributed by atoms with Crippen LogP contribution >= 0.6 is 11.3 Å². The topological polar surface area (TPSA) is 69.0 Å². The lowest BCUT2D eigenvalue weighted by molar-refractivity contribution is 0.0944. The van der Waals surface area contributed by atoms with Crippen molar-refractivity contribution in [2.24, 2.45) is 7.05 Å². The molecule has 0 aliphatic carbocycles. The van der Waals surface area contributed by atoms with Crippen molar-refractivity contribution in [1.29, 1.82) is 0 Å². The summed E-state index contributed by atoms with van der Waals surface area (Å²) in [5.41, 5.74) is 2.60. The number of carbonyl (C=O) groups excluding carboxylic acids is 1. The number of hydrogen-bond donors (Lipinski definition) is 1. The highest BCUT2D eigenvalue weighted by Crippen LogP contribution is 2.29. The van der Waals surface area contributed by atoms with E-state index >= 15 is 0 Å². The van der Waals surface area contributed by atoms with Gasteiger partial charge in [0.05, 0.1) is 12.8 Å². The van der Waals surface area contributed by atoms with Gasteiger partial charge in [-0.05, 0) is 24.6 Å². The van der Waals surface area contributed by atoms with Gasteiger partial charge in [-0.2, -0.15) is 0 Å². The van der Waals surface area contributed by atoms with Crippen molar-refractivity contribution in [3.05, 3.63) is 88.9 Å². The number of nitrogens with zero attached hydrogens (tertiary/aromatic N) is 3. The number of rotatable bonds is 6. The Kier molecular flexibility index (Phi) is 5.63. The number of imidazole rings is 1. The van der Waals surface area contributed by atoms with Crippen molar-refractivity contribution in [3.63, 3.8) is 0 Å². The van der Waals surface area contributed by atoms with E-state index in [1.165, 1.54) is 11.3 Å². The van der Waals surface area contributed by atoms with Gasteiger partial charge in [-0.25, -0.2) is 9.97 Å². The van der Waals surface area contributed by atoms with Crippen molar-refractivity contribution in [3.8, 4) is 16.3 Å². The third-order valence-corrected chi connectivity index (χ3v) is 6.05. The minimum absolute atomic E-state index is 0.178. The lowest BCUT2D eigenvalue weighted by atomic mass is 10.1. The number of methoxy groups -OCH3 is 1. The summed E-state index contributed by atoms with van der Waals surface area (Å²) >= 11 is 1.39. The molecule has 2 aromatic heterocycles. The summed E-state index contributed by atoms with van der Waals surface area (Å²) in [6.07, 6.45) is 3.58. The molecule has 0 spiro atoms. The number of thiazole rings is 1. The summed E-state index contributed by atoms with van der Waals surface area (Å²) in [6.45, 7) is 1.86. The molecule has 30 heavy (non-hydrogen) atoms. The number of aromatic nitrogens is 3. The van der Waals surface area contributed by atoms with Gasteiger partial charge in [-0.1, -0.05) is 42.5 Å². The van der Waals surface area contributed by atoms with Crippen LogP contribution in [0.4, 0.5) is 0 Å². The van der Waals surface area contributed by atoms with E-state index in [0.29, 0.717) is 10.6 Å². The van der Waals surface area contributed by atoms with Crippen molar-refractivity contribution in [2.75, 3.05) is 7.11 Å². The molecule has 2 heterocycles. The van der Waals surface area contributed by atoms with Crippen LogP contribution in [-0.2, 0) is 7.05 Å². The number of hydrogen-bond acceptors (Lipinski definition) is 5. The molecule has 4 rings (SSSR count). The van der Waals surface area contributed by atoms with Crippen LogP contribution in [0.2, 0.25) is 0 Å². The largest absolute Gasteiger partial charge is 0.497 e. The first-order valence-electron chi connectivity index (χ1n) is 9.51. The number of nitrogens with one attached hydrogen (secondary N) is 1. The highest BCUT2D eigenvalue weighted by molar-refractivity contribution is 7.17. The summed E-state index contributed by atoms with van der Waals surface area (Å²) in [5, 5.41) is 3.97. The Labute approximate surface area is 179 Å². The Balaban J connectivity index is 1.67. The average Bonchev–Trinajstić information content (AvgIpc) is 3.38. The van der Waals surface area contributed by atoms with Crippen LogP contribution in [0, 0.1) is 6.92 Å². The fourth-order valence-corrected chi connectivity index (χ4v) is 4.26. The summed E-state index contributed by atoms with van der Waals surface area (Å²) in [6, 6.07) is 17.1. The van der Waals surface area contributed by atoms with E-state index in [1.54, 1.807) is 13.3 Å². The molecule has 0 radical (unpaired) electrons. The quantitative estimate of drug-likeness (QED) is 0.505. The van der Waals surface area contributed by atoms with E-state index in [4.69, 9.17) is 4.74 Å². The van der Waals surface area contributed by atoms with Crippen LogP contribution < -0.4 is 10.1 Å². The van der Waals surface area contributed by atoms with Crippen LogP contribution in [0.5, 0.6) is 5.75 Å². The highest BCUT2D eigenvalue weighted by atomic mass is 32.1. The molecule has 0 aliphatic rings. The molecular weight excluding hydrogens is 396 g/mol. The fraction of sp³-hybridized carbons (Fsp3) is 0.174. The third-order valence-electron chi connectivity index (χ3n) is 4.84. The molecular formula is C23H22N4O2S. The van der Waals surface area contributed by atoms with Crippen LogP contribution in [0.3, 0.4) is 0 Å². The maximum absolute atomic E-state index is 13.2. The second kappa shape index (κ2) is 8.51. The van der Waals surface area contributed by atoms with E-state index in [9.17, 15) is 4.79 Å². The first-order valence-corrected chi connectivity index (χ1v) is 10.3. The third kappa shape index (κ3) is 3.97. The van der Waals surface area contributed by atoms with Gasteiger partial charge in [0.25, 0.3) is 5.91 Å². The Morgan fingerprint density at radius 3 is 2.67 bits per heavy atom. The van der Waals surface area contributed by atoms with Gasteiger partial charge < -0.3 is 14.6 Å². The lowest BCUT2D eigenvalue weighted by Gasteiger charge is -2.19. The van der Waals surface area contributed by atoms with Crippen LogP contribution in [0.25, 0.3) is 10.6 Å². The van der Waals surface area contributed by atoms with E-state index < -0.39 is 6.04 Å². The van der Waals surface area contributed by atoms with E-state index in [2.05, 4.69) is 15.3 Å². The number of aryl methyl sites for hydroxylation is 2. The predicted molar refractivity (Wildman–Crippen MR) is 118 cm³/mol. The zero-order valence-corrected chi connectivity index (χ0v) is 17.8. The molecule has 1 N–H and O–H groups in total. The monoisotopic (exact) mass is 418 g/mol. The van der Waals surface area contributed by atoms with Crippen LogP contribution in [-0.4, -0.2) is 27.6 Å². The SMILES string of the molecule is COc1cccc(C(NC(=O)c2sc(-c3ccccc3)nc2C)c2nccn2C)c1. The molecule has 0 saturated carbocycles. The zero-order chi connectivity index (χ0) is 21.1. The zero-order valence-electron chi connectivity index (χ0n) is 17.0. The summed E-state index contributed by atoms with van der Waals surface area (Å²) in [4.78, 5) is 22.9. The minimum Gasteiger partial charge on any atom is -0.497 e. The predicted octanol–water partition coefficient (Wildman–Crippen LogP) is 4.38. The Hall–Kier alpha value is -3.45. The molecule has 0 bridgehead atoms. The first-order chi connectivity index (χ1) is 14.6. The standard InChI is InChI=1S/C23H22N4O2S/c1-15-20(30-23(25-15)16-8-5-4-6-9-16)22(28)26-19(21-24-12-13-27(21)2)17-10-7-11-18(14-17)29-3/h4-14,19H,1-3H3,(H,26,28). The molecule has 1 atom stereocenters. The first kappa shape index (κ1) is 19.8. The van der Waals surface area contributed by atoms with E-state index in [0.717, 1.165) is 27.7 Å². The second-order valence-corrected chi connectivity index (χ2v) is 7.88. The molecule has 4 aromatic rings. The number of amides is 1. The van der Waals surface area contributed by atoms with E-state index in [-0.39, 0.29) is 5.91 Å². The number of benzene rings is 2. The van der Waals surface area contributed by atoms with Crippen LogP contribution in [0.15, 0.2) is 67.0 Å². The molecule has 7 heteroatoms. The average molecular weight is 419 g/mol. The Bertz CT molecular complexity index is 1170. The normalized spacial score (nSPS) is 11.8. The molecule has 152 valence electrons. The van der Waals surface area contributed by atoms with Gasteiger partial charge in [0.1, 0.15) is 27.5 Å². The van der Waals surface area contributed by atoms with Crippen molar-refractivity contribution in [1.82, 2.24) is 19.9 Å². The number of carbonyl (C=O) groups is 1. The number of ether oxygens (including phenoxy) is 1. The highest BCUT2D eigenvalue weighted by Gasteiger charge is 2.24. The smallest absolute Gasteiger partial charge is 0.264 e.